The molecule has 1 aliphatic heterocycles. The van der Waals surface area contributed by atoms with Gasteiger partial charge in [-0.05, 0) is 48.4 Å². The third-order valence-corrected chi connectivity index (χ3v) is 5.45. The molecule has 0 bridgehead atoms. The third kappa shape index (κ3) is 3.59. The minimum atomic E-state index is -0.914. The highest BCUT2D eigenvalue weighted by Crippen LogP contribution is 2.48. The minimum absolute atomic E-state index is 0.0103. The topological polar surface area (TPSA) is 88.6 Å². The van der Waals surface area contributed by atoms with E-state index in [1.807, 2.05) is 31.2 Å². The SMILES string of the molecule is COc1ccc2c(c1)C(C(=O)N(C)C(=N)N)c1cc(-c3ccc(C)cc3)cc(F)c1O2. The van der Waals surface area contributed by atoms with Gasteiger partial charge in [0.1, 0.15) is 11.5 Å². The van der Waals surface area contributed by atoms with E-state index >= 15 is 4.39 Å². The van der Waals surface area contributed by atoms with Crippen LogP contribution in [0.4, 0.5) is 4.39 Å². The van der Waals surface area contributed by atoms with Gasteiger partial charge in [0.25, 0.3) is 0 Å². The summed E-state index contributed by atoms with van der Waals surface area (Å²) in [6.45, 7) is 1.97. The second-order valence-electron chi connectivity index (χ2n) is 7.46. The van der Waals surface area contributed by atoms with E-state index in [0.717, 1.165) is 16.0 Å². The molecule has 1 unspecified atom stereocenters. The number of halogens is 1. The molecule has 1 aliphatic rings. The molecule has 0 fully saturated rings. The lowest BCUT2D eigenvalue weighted by Gasteiger charge is -2.30. The number of aryl methyl sites for hydroxylation is 1. The maximum absolute atomic E-state index is 15.2. The Balaban J connectivity index is 1.93. The van der Waals surface area contributed by atoms with Gasteiger partial charge in [0.15, 0.2) is 17.5 Å². The number of nitrogens with two attached hydrogens (primary N) is 1. The first-order valence-electron chi connectivity index (χ1n) is 9.68. The number of nitrogens with zero attached hydrogens (tertiary/aromatic N) is 1. The normalized spacial score (nSPS) is 14.1. The number of rotatable bonds is 3. The summed E-state index contributed by atoms with van der Waals surface area (Å²) < 4.78 is 26.4. The molecule has 3 aromatic rings. The maximum atomic E-state index is 15.2. The maximum Gasteiger partial charge on any atom is 0.241 e. The predicted molar refractivity (Wildman–Crippen MR) is 116 cm³/mol. The smallest absolute Gasteiger partial charge is 0.241 e. The second-order valence-corrected chi connectivity index (χ2v) is 7.46. The molecule has 0 aromatic heterocycles. The molecule has 1 heterocycles. The van der Waals surface area contributed by atoms with Crippen molar-refractivity contribution in [3.8, 4) is 28.4 Å². The number of ether oxygens (including phenoxy) is 2. The first-order valence-corrected chi connectivity index (χ1v) is 9.68. The van der Waals surface area contributed by atoms with Gasteiger partial charge < -0.3 is 15.2 Å². The van der Waals surface area contributed by atoms with Crippen molar-refractivity contribution < 1.29 is 18.7 Å². The Morgan fingerprint density at radius 2 is 1.81 bits per heavy atom. The van der Waals surface area contributed by atoms with E-state index in [1.165, 1.54) is 20.2 Å². The molecule has 3 aromatic carbocycles. The highest BCUT2D eigenvalue weighted by atomic mass is 19.1. The molecule has 0 saturated heterocycles. The lowest BCUT2D eigenvalue weighted by atomic mass is 9.85. The van der Waals surface area contributed by atoms with Gasteiger partial charge in [0, 0.05) is 18.2 Å². The van der Waals surface area contributed by atoms with Gasteiger partial charge in [-0.3, -0.25) is 15.1 Å². The van der Waals surface area contributed by atoms with Crippen molar-refractivity contribution >= 4 is 11.9 Å². The number of hydrogen-bond donors (Lipinski definition) is 2. The van der Waals surface area contributed by atoms with Crippen LogP contribution in [0.3, 0.4) is 0 Å². The van der Waals surface area contributed by atoms with E-state index in [1.54, 1.807) is 24.3 Å². The molecule has 0 aliphatic carbocycles. The number of likely N-dealkylation sites (N-methyl/N-ethyl adjacent to an activating group) is 1. The van der Waals surface area contributed by atoms with Gasteiger partial charge in [-0.25, -0.2) is 4.39 Å². The van der Waals surface area contributed by atoms with E-state index in [4.69, 9.17) is 20.6 Å². The number of hydrogen-bond acceptors (Lipinski definition) is 4. The van der Waals surface area contributed by atoms with Crippen molar-refractivity contribution in [2.75, 3.05) is 14.2 Å². The van der Waals surface area contributed by atoms with Crippen LogP contribution in [0.25, 0.3) is 11.1 Å². The van der Waals surface area contributed by atoms with E-state index in [9.17, 15) is 4.79 Å². The molecule has 0 saturated carbocycles. The standard InChI is InChI=1S/C24H22FN3O3/c1-13-4-6-14(7-5-13)15-10-18-21(23(29)28(2)24(26)27)17-12-16(30-3)8-9-20(17)31-22(18)19(25)11-15/h4-12,21H,1-3H3,(H3,26,27). The second kappa shape index (κ2) is 7.75. The number of carbonyl (C=O) groups excluding carboxylic acids is 1. The van der Waals surface area contributed by atoms with Crippen LogP contribution in [0.1, 0.15) is 22.6 Å². The summed E-state index contributed by atoms with van der Waals surface area (Å²) in [4.78, 5) is 14.4. The largest absolute Gasteiger partial charge is 0.497 e. The molecular formula is C24H22FN3O3. The quantitative estimate of drug-likeness (QED) is 0.487. The molecule has 1 amide bonds. The average Bonchev–Trinajstić information content (AvgIpc) is 2.76. The summed E-state index contributed by atoms with van der Waals surface area (Å²) in [6, 6.07) is 15.8. The molecule has 3 N–H and O–H groups in total. The zero-order valence-corrected chi connectivity index (χ0v) is 17.4. The van der Waals surface area contributed by atoms with Crippen LogP contribution in [-0.4, -0.2) is 30.9 Å². The number of amides is 1. The number of nitrogens with one attached hydrogen (secondary N) is 1. The summed E-state index contributed by atoms with van der Waals surface area (Å²) >= 11 is 0. The van der Waals surface area contributed by atoms with Gasteiger partial charge in [-0.15, -0.1) is 0 Å². The van der Waals surface area contributed by atoms with Crippen molar-refractivity contribution in [3.05, 3.63) is 77.1 Å². The monoisotopic (exact) mass is 419 g/mol. The highest BCUT2D eigenvalue weighted by Gasteiger charge is 2.37. The summed E-state index contributed by atoms with van der Waals surface area (Å²) in [5.41, 5.74) is 8.97. The average molecular weight is 419 g/mol. The van der Waals surface area contributed by atoms with Gasteiger partial charge >= 0.3 is 0 Å². The van der Waals surface area contributed by atoms with Crippen molar-refractivity contribution in [1.29, 1.82) is 5.41 Å². The Morgan fingerprint density at radius 3 is 2.45 bits per heavy atom. The Kier molecular flexibility index (Phi) is 5.10. The Bertz CT molecular complexity index is 1190. The molecule has 31 heavy (non-hydrogen) atoms. The summed E-state index contributed by atoms with van der Waals surface area (Å²) in [6.07, 6.45) is 0. The minimum Gasteiger partial charge on any atom is -0.497 e. The van der Waals surface area contributed by atoms with Crippen LogP contribution in [-0.2, 0) is 4.79 Å². The fraction of sp³-hybridized carbons (Fsp3) is 0.167. The Labute approximate surface area is 179 Å². The van der Waals surface area contributed by atoms with Crippen LogP contribution >= 0.6 is 0 Å². The number of methoxy groups -OCH3 is 1. The molecule has 4 rings (SSSR count). The van der Waals surface area contributed by atoms with Gasteiger partial charge in [0.2, 0.25) is 5.91 Å². The number of benzene rings is 3. The van der Waals surface area contributed by atoms with Gasteiger partial charge in [-0.1, -0.05) is 29.8 Å². The van der Waals surface area contributed by atoms with E-state index in [-0.39, 0.29) is 5.75 Å². The zero-order chi connectivity index (χ0) is 22.3. The van der Waals surface area contributed by atoms with Gasteiger partial charge in [-0.2, -0.15) is 0 Å². The van der Waals surface area contributed by atoms with Crippen LogP contribution < -0.4 is 15.2 Å². The Morgan fingerprint density at radius 1 is 1.10 bits per heavy atom. The van der Waals surface area contributed by atoms with Crippen LogP contribution in [0.15, 0.2) is 54.6 Å². The van der Waals surface area contributed by atoms with Crippen molar-refractivity contribution in [2.45, 2.75) is 12.8 Å². The lowest BCUT2D eigenvalue weighted by molar-refractivity contribution is -0.127. The molecule has 0 radical (unpaired) electrons. The summed E-state index contributed by atoms with van der Waals surface area (Å²) in [7, 11) is 2.94. The first kappa shape index (κ1) is 20.4. The molecule has 1 atom stereocenters. The third-order valence-electron chi connectivity index (χ3n) is 5.45. The molecular weight excluding hydrogens is 397 g/mol. The fourth-order valence-electron chi connectivity index (χ4n) is 3.68. The number of guanidine groups is 1. The number of fused-ring (bicyclic) bond motifs is 2. The Hall–Kier alpha value is -3.87. The van der Waals surface area contributed by atoms with Crippen molar-refractivity contribution in [3.63, 3.8) is 0 Å². The lowest BCUT2D eigenvalue weighted by Crippen LogP contribution is -2.41. The number of carbonyl (C=O) groups is 1. The fourth-order valence-corrected chi connectivity index (χ4v) is 3.68. The van der Waals surface area contributed by atoms with Crippen LogP contribution in [0.5, 0.6) is 17.2 Å². The molecule has 158 valence electrons. The van der Waals surface area contributed by atoms with Crippen LogP contribution in [0.2, 0.25) is 0 Å². The predicted octanol–water partition coefficient (Wildman–Crippen LogP) is 4.40. The summed E-state index contributed by atoms with van der Waals surface area (Å²) in [5.74, 6) is -1.48. The first-order chi connectivity index (χ1) is 14.8. The van der Waals surface area contributed by atoms with E-state index in [2.05, 4.69) is 0 Å². The molecule has 0 spiro atoms. The van der Waals surface area contributed by atoms with Gasteiger partial charge in [0.05, 0.1) is 13.0 Å². The molecule has 7 heteroatoms. The zero-order valence-electron chi connectivity index (χ0n) is 17.4. The summed E-state index contributed by atoms with van der Waals surface area (Å²) in [5, 5.41) is 7.69. The van der Waals surface area contributed by atoms with E-state index in [0.29, 0.717) is 28.2 Å². The molecule has 6 nitrogen and oxygen atoms in total. The van der Waals surface area contributed by atoms with Crippen LogP contribution in [0, 0.1) is 18.2 Å². The highest BCUT2D eigenvalue weighted by molar-refractivity contribution is 6.00. The van der Waals surface area contributed by atoms with Crippen molar-refractivity contribution in [2.24, 2.45) is 5.73 Å². The van der Waals surface area contributed by atoms with E-state index < -0.39 is 23.6 Å². The van der Waals surface area contributed by atoms with Crippen molar-refractivity contribution in [1.82, 2.24) is 4.90 Å².